The largest absolute Gasteiger partial charge is 0.355 e. The lowest BCUT2D eigenvalue weighted by Crippen LogP contribution is -2.47. The average molecular weight is 291 g/mol. The predicted molar refractivity (Wildman–Crippen MR) is 75.3 cm³/mol. The molecular weight excluding hydrogens is 266 g/mol. The van der Waals surface area contributed by atoms with Crippen LogP contribution in [0.4, 0.5) is 0 Å². The van der Waals surface area contributed by atoms with Gasteiger partial charge in [0.2, 0.25) is 15.9 Å². The summed E-state index contributed by atoms with van der Waals surface area (Å²) >= 11 is 0. The van der Waals surface area contributed by atoms with Crippen LogP contribution in [0.3, 0.4) is 0 Å². The van der Waals surface area contributed by atoms with Gasteiger partial charge in [-0.1, -0.05) is 0 Å². The zero-order valence-electron chi connectivity index (χ0n) is 12.0. The molecule has 0 aromatic carbocycles. The summed E-state index contributed by atoms with van der Waals surface area (Å²) in [5.74, 6) is 0.263. The first-order chi connectivity index (χ1) is 8.84. The van der Waals surface area contributed by atoms with E-state index in [0.29, 0.717) is 26.2 Å². The normalized spacial score (nSPS) is 23.0. The van der Waals surface area contributed by atoms with Crippen LogP contribution in [0.15, 0.2) is 0 Å². The van der Waals surface area contributed by atoms with E-state index < -0.39 is 10.0 Å². The van der Waals surface area contributed by atoms with E-state index >= 15 is 0 Å². The summed E-state index contributed by atoms with van der Waals surface area (Å²) in [6.07, 6.45) is 3.14. The summed E-state index contributed by atoms with van der Waals surface area (Å²) < 4.78 is 24.5. The monoisotopic (exact) mass is 291 g/mol. The van der Waals surface area contributed by atoms with E-state index in [0.717, 1.165) is 12.8 Å². The van der Waals surface area contributed by atoms with Crippen LogP contribution in [-0.2, 0) is 14.8 Å². The Hall–Kier alpha value is -0.660. The third-order valence-corrected chi connectivity index (χ3v) is 4.68. The minimum absolute atomic E-state index is 0.0155. The van der Waals surface area contributed by atoms with Gasteiger partial charge in [-0.2, -0.15) is 0 Å². The van der Waals surface area contributed by atoms with E-state index in [1.807, 2.05) is 13.8 Å². The number of carbonyl (C=O) groups is 1. The van der Waals surface area contributed by atoms with Gasteiger partial charge in [-0.3, -0.25) is 4.79 Å². The molecule has 1 fully saturated rings. The fourth-order valence-electron chi connectivity index (χ4n) is 2.26. The van der Waals surface area contributed by atoms with Gasteiger partial charge in [0.1, 0.15) is 0 Å². The number of nitrogens with zero attached hydrogens (tertiary/aromatic N) is 1. The smallest absolute Gasteiger partial charge is 0.236 e. The van der Waals surface area contributed by atoms with Crippen LogP contribution in [0.5, 0.6) is 0 Å². The minimum Gasteiger partial charge on any atom is -0.355 e. The van der Waals surface area contributed by atoms with Gasteiger partial charge in [-0.25, -0.2) is 12.7 Å². The van der Waals surface area contributed by atoms with E-state index in [9.17, 15) is 13.2 Å². The number of nitrogens with one attached hydrogen (secondary N) is 2. The lowest BCUT2D eigenvalue weighted by Gasteiger charge is -2.31. The van der Waals surface area contributed by atoms with Crippen LogP contribution in [0.1, 0.15) is 26.7 Å². The maximum absolute atomic E-state index is 11.6. The molecule has 0 radical (unpaired) electrons. The molecule has 0 saturated carbocycles. The summed E-state index contributed by atoms with van der Waals surface area (Å²) in [6, 6.07) is -0.242. The first-order valence-corrected chi connectivity index (χ1v) is 8.65. The number of likely N-dealkylation sites (N-methyl/N-ethyl adjacent to an activating group) is 1. The van der Waals surface area contributed by atoms with Gasteiger partial charge in [0.05, 0.1) is 12.3 Å². The predicted octanol–water partition coefficient (Wildman–Crippen LogP) is -0.228. The zero-order chi connectivity index (χ0) is 14.5. The number of hydrogen-bond acceptors (Lipinski definition) is 4. The zero-order valence-corrected chi connectivity index (χ0v) is 12.8. The molecule has 2 N–H and O–H groups in total. The van der Waals surface area contributed by atoms with E-state index in [-0.39, 0.29) is 17.9 Å². The Kier molecular flexibility index (Phi) is 6.22. The Balaban J connectivity index is 2.39. The average Bonchev–Trinajstić information content (AvgIpc) is 2.35. The van der Waals surface area contributed by atoms with Crippen molar-refractivity contribution < 1.29 is 13.2 Å². The third-order valence-electron chi connectivity index (χ3n) is 3.41. The molecule has 1 aliphatic rings. The number of carbonyl (C=O) groups excluding carboxylic acids is 1. The van der Waals surface area contributed by atoms with Gasteiger partial charge < -0.3 is 10.6 Å². The highest BCUT2D eigenvalue weighted by Crippen LogP contribution is 2.17. The van der Waals surface area contributed by atoms with Gasteiger partial charge in [0, 0.05) is 19.6 Å². The summed E-state index contributed by atoms with van der Waals surface area (Å²) in [6.45, 7) is 6.16. The number of piperidine rings is 1. The van der Waals surface area contributed by atoms with Crippen LogP contribution in [-0.4, -0.2) is 57.1 Å². The molecule has 1 heterocycles. The quantitative estimate of drug-likeness (QED) is 0.709. The summed E-state index contributed by atoms with van der Waals surface area (Å²) in [7, 11) is -3.10. The second-order valence-corrected chi connectivity index (χ2v) is 7.14. The molecule has 0 aromatic heterocycles. The lowest BCUT2D eigenvalue weighted by atomic mass is 9.99. The van der Waals surface area contributed by atoms with Crippen LogP contribution in [0.2, 0.25) is 0 Å². The van der Waals surface area contributed by atoms with Crippen molar-refractivity contribution in [2.45, 2.75) is 32.7 Å². The Morgan fingerprint density at radius 2 is 2.16 bits per heavy atom. The fraction of sp³-hybridized carbons (Fsp3) is 0.917. The SMILES string of the molecule is CCNC(=O)C(C)NCC1CCCN(S(C)(=O)=O)C1. The van der Waals surface area contributed by atoms with Crippen molar-refractivity contribution in [3.63, 3.8) is 0 Å². The first-order valence-electron chi connectivity index (χ1n) is 6.80. The molecule has 1 aliphatic heterocycles. The van der Waals surface area contributed by atoms with Crippen molar-refractivity contribution in [3.05, 3.63) is 0 Å². The number of amides is 1. The van der Waals surface area contributed by atoms with Gasteiger partial charge in [-0.15, -0.1) is 0 Å². The number of sulfonamides is 1. The maximum Gasteiger partial charge on any atom is 0.236 e. The van der Waals surface area contributed by atoms with Crippen molar-refractivity contribution in [1.29, 1.82) is 0 Å². The topological polar surface area (TPSA) is 78.5 Å². The van der Waals surface area contributed by atoms with E-state index in [4.69, 9.17) is 0 Å². The van der Waals surface area contributed by atoms with Crippen LogP contribution in [0.25, 0.3) is 0 Å². The second-order valence-electron chi connectivity index (χ2n) is 5.15. The Morgan fingerprint density at radius 1 is 1.47 bits per heavy atom. The molecule has 19 heavy (non-hydrogen) atoms. The second kappa shape index (κ2) is 7.21. The highest BCUT2D eigenvalue weighted by molar-refractivity contribution is 7.88. The lowest BCUT2D eigenvalue weighted by molar-refractivity contribution is -0.122. The first kappa shape index (κ1) is 16.4. The summed E-state index contributed by atoms with van der Waals surface area (Å²) in [5, 5.41) is 5.93. The molecule has 6 nitrogen and oxygen atoms in total. The summed E-state index contributed by atoms with van der Waals surface area (Å²) in [5.41, 5.74) is 0. The molecule has 1 amide bonds. The van der Waals surface area contributed by atoms with Gasteiger partial charge in [-0.05, 0) is 39.2 Å². The Bertz CT molecular complexity index is 397. The van der Waals surface area contributed by atoms with Crippen molar-refractivity contribution in [2.75, 3.05) is 32.4 Å². The van der Waals surface area contributed by atoms with Gasteiger partial charge in [0.15, 0.2) is 0 Å². The number of rotatable bonds is 6. The van der Waals surface area contributed by atoms with Crippen LogP contribution < -0.4 is 10.6 Å². The number of hydrogen-bond donors (Lipinski definition) is 2. The van der Waals surface area contributed by atoms with Crippen LogP contribution >= 0.6 is 0 Å². The maximum atomic E-state index is 11.6. The fourth-order valence-corrected chi connectivity index (χ4v) is 3.20. The molecule has 1 saturated heterocycles. The van der Waals surface area contributed by atoms with Crippen molar-refractivity contribution in [1.82, 2.24) is 14.9 Å². The third kappa shape index (κ3) is 5.46. The summed E-state index contributed by atoms with van der Waals surface area (Å²) in [4.78, 5) is 11.6. The molecule has 7 heteroatoms. The highest BCUT2D eigenvalue weighted by atomic mass is 32.2. The van der Waals surface area contributed by atoms with Crippen LogP contribution in [0, 0.1) is 5.92 Å². The molecular formula is C12H25N3O3S. The van der Waals surface area contributed by atoms with Gasteiger partial charge >= 0.3 is 0 Å². The molecule has 2 unspecified atom stereocenters. The van der Waals surface area contributed by atoms with Gasteiger partial charge in [0.25, 0.3) is 0 Å². The molecule has 0 bridgehead atoms. The Morgan fingerprint density at radius 3 is 2.74 bits per heavy atom. The molecule has 0 aliphatic carbocycles. The molecule has 2 atom stereocenters. The van der Waals surface area contributed by atoms with E-state index in [1.54, 1.807) is 0 Å². The molecule has 0 aromatic rings. The Labute approximate surface area is 116 Å². The minimum atomic E-state index is -3.10. The molecule has 112 valence electrons. The molecule has 1 rings (SSSR count). The van der Waals surface area contributed by atoms with Crippen molar-refractivity contribution in [2.24, 2.45) is 5.92 Å². The van der Waals surface area contributed by atoms with E-state index in [1.165, 1.54) is 10.6 Å². The van der Waals surface area contributed by atoms with Crippen molar-refractivity contribution in [3.8, 4) is 0 Å². The van der Waals surface area contributed by atoms with E-state index in [2.05, 4.69) is 10.6 Å². The highest BCUT2D eigenvalue weighted by Gasteiger charge is 2.26. The molecule has 0 spiro atoms. The standard InChI is InChI=1S/C12H25N3O3S/c1-4-13-12(16)10(2)14-8-11-6-5-7-15(9-11)19(3,17)18/h10-11,14H,4-9H2,1-3H3,(H,13,16). The van der Waals surface area contributed by atoms with Crippen molar-refractivity contribution >= 4 is 15.9 Å².